The molecule has 6 nitrogen and oxygen atoms in total. The van der Waals surface area contributed by atoms with Gasteiger partial charge in [0.2, 0.25) is 20.0 Å². The van der Waals surface area contributed by atoms with E-state index < -0.39 is 20.0 Å². The molecule has 1 N–H and O–H groups in total. The number of hydrogen-bond donors (Lipinski definition) is 1. The Morgan fingerprint density at radius 1 is 0.926 bits per heavy atom. The van der Waals surface area contributed by atoms with Crippen LogP contribution in [0.15, 0.2) is 63.7 Å². The average Bonchev–Trinajstić information content (AvgIpc) is 3.05. The van der Waals surface area contributed by atoms with Crippen LogP contribution >= 0.6 is 11.3 Å². The smallest absolute Gasteiger partial charge is 0.211 e. The van der Waals surface area contributed by atoms with Crippen LogP contribution < -0.4 is 4.72 Å². The summed E-state index contributed by atoms with van der Waals surface area (Å²) in [6.45, 7) is 0.265. The van der Waals surface area contributed by atoms with Crippen LogP contribution in [0.3, 0.4) is 0 Å². The van der Waals surface area contributed by atoms with Gasteiger partial charge in [0.1, 0.15) is 0 Å². The lowest BCUT2D eigenvalue weighted by Crippen LogP contribution is -2.26. The van der Waals surface area contributed by atoms with Gasteiger partial charge in [-0.1, -0.05) is 18.2 Å². The number of rotatable bonds is 7. The van der Waals surface area contributed by atoms with Gasteiger partial charge in [0.05, 0.1) is 9.79 Å². The first-order valence-electron chi connectivity index (χ1n) is 8.19. The maximum atomic E-state index is 12.5. The van der Waals surface area contributed by atoms with Crippen LogP contribution in [0, 0.1) is 0 Å². The third-order valence-corrected chi connectivity index (χ3v) is 8.48. The molecule has 3 aromatic rings. The van der Waals surface area contributed by atoms with Gasteiger partial charge in [-0.3, -0.25) is 0 Å². The number of nitrogens with one attached hydrogen (secondary N) is 1. The van der Waals surface area contributed by atoms with Gasteiger partial charge >= 0.3 is 0 Å². The number of benzene rings is 2. The van der Waals surface area contributed by atoms with E-state index in [-0.39, 0.29) is 16.3 Å². The molecule has 1 heterocycles. The molecule has 0 saturated carbocycles. The number of thiophene rings is 1. The molecule has 0 unspecified atom stereocenters. The minimum atomic E-state index is -3.70. The average molecular weight is 425 g/mol. The molecule has 0 spiro atoms. The Morgan fingerprint density at radius 3 is 2.22 bits per heavy atom. The molecule has 0 aliphatic heterocycles. The van der Waals surface area contributed by atoms with Crippen molar-refractivity contribution >= 4 is 41.5 Å². The van der Waals surface area contributed by atoms with Crippen molar-refractivity contribution in [1.82, 2.24) is 9.03 Å². The molecular formula is C18H20N2O4S3. The Morgan fingerprint density at radius 2 is 1.56 bits per heavy atom. The molecule has 0 fully saturated rings. The van der Waals surface area contributed by atoms with Crippen LogP contribution in [0.5, 0.6) is 0 Å². The van der Waals surface area contributed by atoms with Gasteiger partial charge in [-0.15, -0.1) is 11.3 Å². The van der Waals surface area contributed by atoms with Gasteiger partial charge in [-0.25, -0.2) is 25.9 Å². The zero-order valence-electron chi connectivity index (χ0n) is 14.9. The molecule has 144 valence electrons. The lowest BCUT2D eigenvalue weighted by molar-refractivity contribution is 0.520. The number of nitrogens with zero attached hydrogens (tertiary/aromatic N) is 1. The second-order valence-corrected chi connectivity index (χ2v) is 11.0. The normalized spacial score (nSPS) is 12.7. The number of hydrogen-bond acceptors (Lipinski definition) is 5. The lowest BCUT2D eigenvalue weighted by atomic mass is 10.1. The van der Waals surface area contributed by atoms with E-state index in [4.69, 9.17) is 0 Å². The van der Waals surface area contributed by atoms with Crippen molar-refractivity contribution < 1.29 is 16.8 Å². The first-order chi connectivity index (χ1) is 12.7. The molecule has 1 aromatic heterocycles. The van der Waals surface area contributed by atoms with Crippen LogP contribution in [0.1, 0.15) is 5.56 Å². The first kappa shape index (κ1) is 20.0. The monoisotopic (exact) mass is 424 g/mol. The fraction of sp³-hybridized carbons (Fsp3) is 0.222. The molecule has 9 heteroatoms. The van der Waals surface area contributed by atoms with Crippen molar-refractivity contribution in [3.8, 4) is 0 Å². The zero-order valence-corrected chi connectivity index (χ0v) is 17.4. The van der Waals surface area contributed by atoms with E-state index in [0.717, 1.165) is 15.3 Å². The minimum Gasteiger partial charge on any atom is -0.211 e. The van der Waals surface area contributed by atoms with Crippen molar-refractivity contribution in [2.45, 2.75) is 16.2 Å². The van der Waals surface area contributed by atoms with E-state index in [2.05, 4.69) is 4.72 Å². The van der Waals surface area contributed by atoms with E-state index in [0.29, 0.717) is 6.42 Å². The summed E-state index contributed by atoms with van der Waals surface area (Å²) in [5, 5.41) is 3.18. The molecule has 0 amide bonds. The summed E-state index contributed by atoms with van der Waals surface area (Å²) in [4.78, 5) is 0.0894. The Bertz CT molecular complexity index is 1150. The fourth-order valence-corrected chi connectivity index (χ4v) is 5.56. The van der Waals surface area contributed by atoms with Crippen molar-refractivity contribution in [2.24, 2.45) is 0 Å². The highest BCUT2D eigenvalue weighted by atomic mass is 32.2. The quantitative estimate of drug-likeness (QED) is 0.632. The lowest BCUT2D eigenvalue weighted by Gasteiger charge is -2.12. The van der Waals surface area contributed by atoms with Crippen molar-refractivity contribution in [1.29, 1.82) is 0 Å². The third kappa shape index (κ3) is 4.22. The second-order valence-electron chi connectivity index (χ2n) is 6.16. The largest absolute Gasteiger partial charge is 0.242 e. The predicted molar refractivity (Wildman–Crippen MR) is 108 cm³/mol. The van der Waals surface area contributed by atoms with E-state index >= 15 is 0 Å². The van der Waals surface area contributed by atoms with Gasteiger partial charge in [-0.05, 0) is 53.1 Å². The Kier molecular flexibility index (Phi) is 5.68. The predicted octanol–water partition coefficient (Wildman–Crippen LogP) is 2.67. The molecule has 0 radical (unpaired) electrons. The molecule has 0 bridgehead atoms. The Hall–Kier alpha value is -1.78. The zero-order chi connectivity index (χ0) is 19.7. The van der Waals surface area contributed by atoms with E-state index in [1.807, 2.05) is 29.6 Å². The number of fused-ring (bicyclic) bond motifs is 1. The van der Waals surface area contributed by atoms with E-state index in [1.54, 1.807) is 11.3 Å². The molecule has 0 atom stereocenters. The third-order valence-electron chi connectivity index (χ3n) is 4.16. The van der Waals surface area contributed by atoms with Crippen LogP contribution in [-0.4, -0.2) is 41.8 Å². The molecule has 27 heavy (non-hydrogen) atoms. The highest BCUT2D eigenvalue weighted by Crippen LogP contribution is 2.25. The highest BCUT2D eigenvalue weighted by molar-refractivity contribution is 7.89. The first-order valence-corrected chi connectivity index (χ1v) is 12.0. The summed E-state index contributed by atoms with van der Waals surface area (Å²) < 4.78 is 53.9. The van der Waals surface area contributed by atoms with Crippen LogP contribution in [0.25, 0.3) is 10.1 Å². The van der Waals surface area contributed by atoms with Crippen molar-refractivity contribution in [2.75, 3.05) is 20.6 Å². The fourth-order valence-electron chi connectivity index (χ4n) is 2.63. The van der Waals surface area contributed by atoms with Gasteiger partial charge in [0.15, 0.2) is 0 Å². The molecule has 2 aromatic carbocycles. The van der Waals surface area contributed by atoms with Gasteiger partial charge < -0.3 is 0 Å². The molecular weight excluding hydrogens is 404 g/mol. The summed E-state index contributed by atoms with van der Waals surface area (Å²) in [5.41, 5.74) is 1.10. The molecule has 0 aliphatic carbocycles. The maximum absolute atomic E-state index is 12.5. The van der Waals surface area contributed by atoms with Gasteiger partial charge in [-0.2, -0.15) is 0 Å². The summed E-state index contributed by atoms with van der Waals surface area (Å²) in [7, 11) is -4.44. The maximum Gasteiger partial charge on any atom is 0.242 e. The second kappa shape index (κ2) is 7.69. The van der Waals surface area contributed by atoms with Crippen molar-refractivity contribution in [3.63, 3.8) is 0 Å². The minimum absolute atomic E-state index is 0.0374. The Labute approximate surface area is 163 Å². The van der Waals surface area contributed by atoms with Gasteiger partial charge in [0.25, 0.3) is 0 Å². The van der Waals surface area contributed by atoms with Crippen LogP contribution in [0.2, 0.25) is 0 Å². The summed E-state index contributed by atoms with van der Waals surface area (Å²) in [5.74, 6) is 0. The molecule has 3 rings (SSSR count). The van der Waals surface area contributed by atoms with Crippen LogP contribution in [0.4, 0.5) is 0 Å². The van der Waals surface area contributed by atoms with E-state index in [1.165, 1.54) is 43.1 Å². The van der Waals surface area contributed by atoms with Crippen LogP contribution in [-0.2, 0) is 26.5 Å². The summed E-state index contributed by atoms with van der Waals surface area (Å²) in [6, 6.07) is 13.2. The van der Waals surface area contributed by atoms with E-state index in [9.17, 15) is 16.8 Å². The summed E-state index contributed by atoms with van der Waals surface area (Å²) >= 11 is 1.64. The topological polar surface area (TPSA) is 83.6 Å². The summed E-state index contributed by atoms with van der Waals surface area (Å²) in [6.07, 6.45) is 0.580. The highest BCUT2D eigenvalue weighted by Gasteiger charge is 2.19. The van der Waals surface area contributed by atoms with Crippen molar-refractivity contribution in [3.05, 3.63) is 59.5 Å². The Balaban J connectivity index is 1.70. The molecule has 0 saturated heterocycles. The van der Waals surface area contributed by atoms with Gasteiger partial charge in [0, 0.05) is 25.3 Å². The SMILES string of the molecule is CN(C)S(=O)(=O)c1ccc(S(=O)(=O)NCCc2csc3ccccc23)cc1. The number of sulfonamides is 2. The standard InChI is InChI=1S/C18H20N2O4S3/c1-20(2)27(23,24)16-9-7-15(8-10-16)26(21,22)19-12-11-14-13-25-18-6-4-3-5-17(14)18/h3-10,13,19H,11-12H2,1-2H3. The molecule has 0 aliphatic rings.